The van der Waals surface area contributed by atoms with E-state index in [4.69, 9.17) is 4.74 Å². The van der Waals surface area contributed by atoms with Crippen LogP contribution in [0.2, 0.25) is 0 Å². The molecular formula is C53H53N6O9S5+. The minimum atomic E-state index is -4.80. The molecule has 9 rings (SSSR count). The Morgan fingerprint density at radius 1 is 0.685 bits per heavy atom. The number of aromatic nitrogens is 1. The van der Waals surface area contributed by atoms with Gasteiger partial charge in [-0.2, -0.15) is 0 Å². The minimum absolute atomic E-state index is 0.0358. The summed E-state index contributed by atoms with van der Waals surface area (Å²) in [5, 5.41) is 23.2. The predicted octanol–water partition coefficient (Wildman–Crippen LogP) is 9.21. The van der Waals surface area contributed by atoms with Crippen LogP contribution < -0.4 is 20.5 Å². The van der Waals surface area contributed by atoms with Crippen LogP contribution in [-0.2, 0) is 25.0 Å². The topological polar surface area (TPSA) is 207 Å². The van der Waals surface area contributed by atoms with Crippen molar-refractivity contribution >= 4 is 115 Å². The van der Waals surface area contributed by atoms with Gasteiger partial charge in [-0.25, -0.2) is 30.8 Å². The number of esters is 1. The van der Waals surface area contributed by atoms with E-state index in [0.717, 1.165) is 72.0 Å². The van der Waals surface area contributed by atoms with Gasteiger partial charge in [-0.1, -0.05) is 82.9 Å². The van der Waals surface area contributed by atoms with Crippen LogP contribution in [0.5, 0.6) is 5.75 Å². The van der Waals surface area contributed by atoms with Crippen LogP contribution in [-0.4, -0.2) is 102 Å². The minimum Gasteiger partial charge on any atom is -0.744 e. The highest BCUT2D eigenvalue weighted by atomic mass is 32.2. The SMILES string of the molecule is CCOC(=O)c1cc(N/C=C\C2=[N+](C)CCS2)cc(N/C=C/C2=[N+](C)CCS2)c1.Cc1ccc(NC=Cc2sc3ccccc3[n+]2-c2ccccc2)cc1.O=S(=O)([O-])c1ccc2c(O)cc(S(=O)(=O)[O-])cc2c1. The molecule has 4 N–H and O–H groups in total. The van der Waals surface area contributed by atoms with Crippen molar-refractivity contribution in [3.8, 4) is 11.4 Å². The molecule has 378 valence electrons. The molecular weight excluding hydrogens is 1020 g/mol. The molecule has 0 saturated heterocycles. The number of thioether (sulfide) groups is 2. The lowest BCUT2D eigenvalue weighted by molar-refractivity contribution is -0.564. The summed E-state index contributed by atoms with van der Waals surface area (Å²) in [6.45, 7) is 6.39. The molecule has 20 heteroatoms. The van der Waals surface area contributed by atoms with Gasteiger partial charge in [-0.3, -0.25) is 0 Å². The second kappa shape index (κ2) is 24.8. The fourth-order valence-corrected chi connectivity index (χ4v) is 11.5. The Bertz CT molecular complexity index is 3460. The Morgan fingerprint density at radius 2 is 1.25 bits per heavy atom. The number of hydrogen-bond donors (Lipinski definition) is 4. The summed E-state index contributed by atoms with van der Waals surface area (Å²) in [5.74, 6) is 1.40. The molecule has 0 bridgehead atoms. The Morgan fingerprint density at radius 3 is 1.82 bits per heavy atom. The summed E-state index contributed by atoms with van der Waals surface area (Å²) in [6.07, 6.45) is 12.1. The number of aromatic hydroxyl groups is 1. The van der Waals surface area contributed by atoms with Gasteiger partial charge >= 0.3 is 5.97 Å². The molecule has 6 aromatic carbocycles. The molecule has 73 heavy (non-hydrogen) atoms. The van der Waals surface area contributed by atoms with Gasteiger partial charge in [0.25, 0.3) is 5.01 Å². The van der Waals surface area contributed by atoms with Crippen molar-refractivity contribution in [2.24, 2.45) is 0 Å². The first kappa shape index (κ1) is 54.0. The lowest BCUT2D eigenvalue weighted by atomic mass is 10.1. The molecule has 0 fully saturated rings. The number of aryl methyl sites for hydroxylation is 1. The molecule has 15 nitrogen and oxygen atoms in total. The zero-order valence-electron chi connectivity index (χ0n) is 40.2. The summed E-state index contributed by atoms with van der Waals surface area (Å²) in [5.41, 5.74) is 6.93. The fraction of sp³-hybridized carbons (Fsp3) is 0.170. The normalized spacial score (nSPS) is 13.9. The largest absolute Gasteiger partial charge is 0.744 e. The van der Waals surface area contributed by atoms with Gasteiger partial charge in [-0.05, 0) is 86.0 Å². The standard InChI is InChI=1S/C22H18N2S.C21H26N4O2S2.C10H8O7S2/c1-17-11-13-18(14-12-17)23-16-15-22-24(19-7-3-2-4-8-19)20-9-5-6-10-21(20)25-22;1-4-27-21(26)16-13-17(22-7-5-19-24(2)9-11-28-19)15-18(14-16)23-8-6-20-25(3)10-12-29-20;11-10-5-8(19(15,16)17)4-6-3-7(18(12,13)14)1-2-9(6)10/h2-16H,1H3;5-8,13-15H,4,9-12H2,1-3H3;1-5,11H,(H,12,13,14)(H,15,16,17)/p+1. The summed E-state index contributed by atoms with van der Waals surface area (Å²) in [4.78, 5) is 11.0. The van der Waals surface area contributed by atoms with E-state index in [0.29, 0.717) is 12.2 Å². The highest BCUT2D eigenvalue weighted by Crippen LogP contribution is 2.31. The van der Waals surface area contributed by atoms with Crippen molar-refractivity contribution in [1.29, 1.82) is 0 Å². The fourth-order valence-electron chi connectivity index (χ4n) is 7.33. The van der Waals surface area contributed by atoms with Crippen molar-refractivity contribution in [1.82, 2.24) is 0 Å². The number of fused-ring (bicyclic) bond motifs is 2. The van der Waals surface area contributed by atoms with Gasteiger partial charge in [0, 0.05) is 77.5 Å². The lowest BCUT2D eigenvalue weighted by Gasteiger charge is -2.12. The smallest absolute Gasteiger partial charge is 0.338 e. The van der Waals surface area contributed by atoms with Crippen LogP contribution >= 0.6 is 34.9 Å². The van der Waals surface area contributed by atoms with E-state index in [1.807, 2.05) is 73.3 Å². The third-order valence-corrected chi connectivity index (χ3v) is 16.0. The number of para-hydroxylation sites is 2. The van der Waals surface area contributed by atoms with Gasteiger partial charge in [-0.15, -0.1) is 4.57 Å². The Balaban J connectivity index is 0.000000164. The van der Waals surface area contributed by atoms with Crippen LogP contribution in [0.4, 0.5) is 17.1 Å². The second-order valence-corrected chi connectivity index (χ2v) is 22.4. The van der Waals surface area contributed by atoms with E-state index in [-0.39, 0.29) is 16.7 Å². The number of hydrogen-bond acceptors (Lipinski definition) is 15. The molecule has 1 aromatic heterocycles. The van der Waals surface area contributed by atoms with Crippen LogP contribution in [0.15, 0.2) is 168 Å². The van der Waals surface area contributed by atoms with Gasteiger partial charge in [0.05, 0.1) is 33.5 Å². The van der Waals surface area contributed by atoms with Crippen LogP contribution in [0.25, 0.3) is 32.8 Å². The Labute approximate surface area is 437 Å². The number of benzene rings is 6. The third kappa shape index (κ3) is 14.9. The highest BCUT2D eigenvalue weighted by molar-refractivity contribution is 8.14. The van der Waals surface area contributed by atoms with E-state index in [1.165, 1.54) is 36.6 Å². The van der Waals surface area contributed by atoms with Crippen molar-refractivity contribution < 1.29 is 54.3 Å². The number of rotatable bonds is 14. The molecule has 0 aliphatic carbocycles. The van der Waals surface area contributed by atoms with E-state index in [9.17, 15) is 35.8 Å². The number of carbonyl (C=O) groups is 1. The van der Waals surface area contributed by atoms with E-state index in [1.54, 1.807) is 11.3 Å². The summed E-state index contributed by atoms with van der Waals surface area (Å²) in [6, 6.07) is 37.7. The van der Waals surface area contributed by atoms with Crippen molar-refractivity contribution in [2.75, 3.05) is 61.2 Å². The summed E-state index contributed by atoms with van der Waals surface area (Å²) >= 11 is 5.47. The number of carbonyl (C=O) groups excluding carboxylic acids is 1. The molecule has 2 aliphatic heterocycles. The number of phenolic OH excluding ortho intramolecular Hbond substituents is 1. The summed E-state index contributed by atoms with van der Waals surface area (Å²) in [7, 11) is -5.34. The lowest BCUT2D eigenvalue weighted by Crippen LogP contribution is -2.31. The van der Waals surface area contributed by atoms with Crippen molar-refractivity contribution in [2.45, 2.75) is 23.6 Å². The molecule has 0 saturated carbocycles. The van der Waals surface area contributed by atoms with Gasteiger partial charge < -0.3 is 34.9 Å². The quantitative estimate of drug-likeness (QED) is 0.0455. The van der Waals surface area contributed by atoms with Gasteiger partial charge in [0.2, 0.25) is 21.3 Å². The zero-order valence-corrected chi connectivity index (χ0v) is 44.3. The van der Waals surface area contributed by atoms with Crippen LogP contribution in [0.3, 0.4) is 0 Å². The Kier molecular flexibility index (Phi) is 18.3. The number of thiazole rings is 1. The average molecular weight is 1080 g/mol. The second-order valence-electron chi connectivity index (χ2n) is 16.3. The third-order valence-electron chi connectivity index (χ3n) is 11.0. The molecule has 0 unspecified atom stereocenters. The maximum Gasteiger partial charge on any atom is 0.338 e. The first-order valence-electron chi connectivity index (χ1n) is 22.7. The first-order valence-corrected chi connectivity index (χ1v) is 28.3. The number of nitrogens with one attached hydrogen (secondary N) is 3. The number of nitrogens with zero attached hydrogens (tertiary/aromatic N) is 3. The van der Waals surface area contributed by atoms with Gasteiger partial charge in [0.15, 0.2) is 13.1 Å². The van der Waals surface area contributed by atoms with Crippen molar-refractivity contribution in [3.05, 3.63) is 174 Å². The van der Waals surface area contributed by atoms with Crippen LogP contribution in [0.1, 0.15) is 27.9 Å². The number of anilines is 3. The van der Waals surface area contributed by atoms with E-state index in [2.05, 4.69) is 142 Å². The predicted molar refractivity (Wildman–Crippen MR) is 294 cm³/mol. The molecule has 3 heterocycles. The molecule has 0 amide bonds. The van der Waals surface area contributed by atoms with Gasteiger partial charge in [0.1, 0.15) is 44.8 Å². The molecule has 7 aromatic rings. The maximum absolute atomic E-state index is 12.3. The maximum atomic E-state index is 12.3. The first-order chi connectivity index (χ1) is 35.0. The highest BCUT2D eigenvalue weighted by Gasteiger charge is 2.21. The van der Waals surface area contributed by atoms with Crippen LogP contribution in [0, 0.1) is 6.92 Å². The molecule has 0 atom stereocenters. The number of ether oxygens (including phenoxy) is 1. The number of phenols is 1. The average Bonchev–Trinajstić information content (AvgIpc) is 4.09. The molecule has 0 spiro atoms. The monoisotopic (exact) mass is 1080 g/mol. The molecule has 2 aliphatic rings. The Hall–Kier alpha value is -6.78. The summed E-state index contributed by atoms with van der Waals surface area (Å²) < 4.78 is 78.3. The van der Waals surface area contributed by atoms with E-state index >= 15 is 0 Å². The van der Waals surface area contributed by atoms with Crippen molar-refractivity contribution in [3.63, 3.8) is 0 Å². The van der Waals surface area contributed by atoms with E-state index < -0.39 is 35.8 Å². The molecule has 0 radical (unpaired) electrons. The zero-order chi connectivity index (χ0) is 52.1.